The first kappa shape index (κ1) is 17.3. The van der Waals surface area contributed by atoms with Gasteiger partial charge in [-0.05, 0) is 29.8 Å². The third kappa shape index (κ3) is 4.26. The van der Waals surface area contributed by atoms with E-state index in [4.69, 9.17) is 14.7 Å². The monoisotopic (exact) mass is 335 g/mol. The molecular formula is C17H12F3NO3. The van der Waals surface area contributed by atoms with Gasteiger partial charge in [-0.2, -0.15) is 18.4 Å². The van der Waals surface area contributed by atoms with E-state index in [9.17, 15) is 18.0 Å². The minimum Gasteiger partial charge on any atom is -0.493 e. The number of alkyl halides is 3. The molecule has 0 atom stereocenters. The van der Waals surface area contributed by atoms with Gasteiger partial charge in [0.15, 0.2) is 11.5 Å². The number of rotatable bonds is 4. The van der Waals surface area contributed by atoms with E-state index in [0.29, 0.717) is 11.1 Å². The van der Waals surface area contributed by atoms with Crippen LogP contribution < -0.4 is 9.47 Å². The molecule has 0 aromatic heterocycles. The summed E-state index contributed by atoms with van der Waals surface area (Å²) in [5, 5.41) is 8.81. The molecule has 0 aliphatic rings. The SMILES string of the molecule is COc1cc(C#N)ccc1OC(=O)Cc1ccc(C(F)(F)F)cc1. The molecule has 4 nitrogen and oxygen atoms in total. The molecule has 0 saturated heterocycles. The smallest absolute Gasteiger partial charge is 0.416 e. The Hall–Kier alpha value is -3.01. The summed E-state index contributed by atoms with van der Waals surface area (Å²) in [6.07, 6.45) is -4.61. The molecule has 2 rings (SSSR count). The molecule has 0 unspecified atom stereocenters. The van der Waals surface area contributed by atoms with Crippen molar-refractivity contribution < 1.29 is 27.4 Å². The van der Waals surface area contributed by atoms with Crippen molar-refractivity contribution in [3.05, 3.63) is 59.2 Å². The first-order valence-electron chi connectivity index (χ1n) is 6.78. The average Bonchev–Trinajstić information content (AvgIpc) is 2.54. The number of halogens is 3. The fourth-order valence-corrected chi connectivity index (χ4v) is 1.96. The molecule has 0 N–H and O–H groups in total. The maximum Gasteiger partial charge on any atom is 0.416 e. The van der Waals surface area contributed by atoms with E-state index in [1.807, 2.05) is 6.07 Å². The summed E-state index contributed by atoms with van der Waals surface area (Å²) in [7, 11) is 1.36. The molecule has 0 aliphatic heterocycles. The molecule has 124 valence electrons. The number of ether oxygens (including phenoxy) is 2. The molecule has 0 heterocycles. The van der Waals surface area contributed by atoms with E-state index in [0.717, 1.165) is 12.1 Å². The summed E-state index contributed by atoms with van der Waals surface area (Å²) in [4.78, 5) is 11.9. The Kier molecular flexibility index (Phi) is 5.09. The number of hydrogen-bond acceptors (Lipinski definition) is 4. The quantitative estimate of drug-likeness (QED) is 0.631. The first-order chi connectivity index (χ1) is 11.3. The number of nitriles is 1. The molecule has 0 saturated carbocycles. The van der Waals surface area contributed by atoms with Gasteiger partial charge in [0, 0.05) is 6.07 Å². The molecule has 24 heavy (non-hydrogen) atoms. The first-order valence-corrected chi connectivity index (χ1v) is 6.78. The zero-order valence-corrected chi connectivity index (χ0v) is 12.6. The number of nitrogens with zero attached hydrogens (tertiary/aromatic N) is 1. The van der Waals surface area contributed by atoms with Crippen molar-refractivity contribution in [2.45, 2.75) is 12.6 Å². The molecular weight excluding hydrogens is 323 g/mol. The largest absolute Gasteiger partial charge is 0.493 e. The average molecular weight is 335 g/mol. The number of methoxy groups -OCH3 is 1. The van der Waals surface area contributed by atoms with Gasteiger partial charge in [0.2, 0.25) is 0 Å². The predicted octanol–water partition coefficient (Wildman–Crippen LogP) is 3.73. The lowest BCUT2D eigenvalue weighted by Crippen LogP contribution is -2.12. The van der Waals surface area contributed by atoms with Crippen molar-refractivity contribution in [1.82, 2.24) is 0 Å². The Morgan fingerprint density at radius 3 is 2.33 bits per heavy atom. The van der Waals surface area contributed by atoms with Crippen LogP contribution in [0.15, 0.2) is 42.5 Å². The van der Waals surface area contributed by atoms with Crippen LogP contribution in [0.1, 0.15) is 16.7 Å². The van der Waals surface area contributed by atoms with Gasteiger partial charge in [-0.1, -0.05) is 12.1 Å². The number of esters is 1. The Bertz CT molecular complexity index is 777. The second-order valence-electron chi connectivity index (χ2n) is 4.82. The Morgan fingerprint density at radius 1 is 1.12 bits per heavy atom. The second-order valence-corrected chi connectivity index (χ2v) is 4.82. The zero-order chi connectivity index (χ0) is 17.7. The van der Waals surface area contributed by atoms with Crippen LogP contribution in [0.3, 0.4) is 0 Å². The van der Waals surface area contributed by atoms with Gasteiger partial charge in [-0.3, -0.25) is 4.79 Å². The Labute approximate surface area is 136 Å². The highest BCUT2D eigenvalue weighted by Gasteiger charge is 2.30. The van der Waals surface area contributed by atoms with Crippen molar-refractivity contribution in [3.63, 3.8) is 0 Å². The molecule has 0 radical (unpaired) electrons. The molecule has 2 aromatic carbocycles. The number of benzene rings is 2. The lowest BCUT2D eigenvalue weighted by atomic mass is 10.1. The number of carbonyl (C=O) groups is 1. The fraction of sp³-hybridized carbons (Fsp3) is 0.176. The minimum absolute atomic E-state index is 0.133. The van der Waals surface area contributed by atoms with E-state index in [2.05, 4.69) is 0 Å². The number of carbonyl (C=O) groups excluding carboxylic acids is 1. The second kappa shape index (κ2) is 7.04. The normalized spacial score (nSPS) is 10.8. The molecule has 2 aromatic rings. The highest BCUT2D eigenvalue weighted by molar-refractivity contribution is 5.76. The van der Waals surface area contributed by atoms with Crippen LogP contribution in [0.5, 0.6) is 11.5 Å². The van der Waals surface area contributed by atoms with Gasteiger partial charge in [0.05, 0.1) is 30.7 Å². The van der Waals surface area contributed by atoms with E-state index >= 15 is 0 Å². The Morgan fingerprint density at radius 2 is 1.79 bits per heavy atom. The van der Waals surface area contributed by atoms with Crippen molar-refractivity contribution in [2.75, 3.05) is 7.11 Å². The Balaban J connectivity index is 2.07. The van der Waals surface area contributed by atoms with Crippen molar-refractivity contribution >= 4 is 5.97 Å². The van der Waals surface area contributed by atoms with Crippen molar-refractivity contribution in [3.8, 4) is 17.6 Å². The van der Waals surface area contributed by atoms with Gasteiger partial charge < -0.3 is 9.47 Å². The maximum absolute atomic E-state index is 12.5. The van der Waals surface area contributed by atoms with Gasteiger partial charge in [0.25, 0.3) is 0 Å². The highest BCUT2D eigenvalue weighted by Crippen LogP contribution is 2.30. The lowest BCUT2D eigenvalue weighted by Gasteiger charge is -2.10. The van der Waals surface area contributed by atoms with E-state index in [-0.39, 0.29) is 17.9 Å². The summed E-state index contributed by atoms with van der Waals surface area (Å²) in [6, 6.07) is 10.5. The van der Waals surface area contributed by atoms with Crippen LogP contribution in [0, 0.1) is 11.3 Å². The molecule has 0 bridgehead atoms. The van der Waals surface area contributed by atoms with Gasteiger partial charge in [0.1, 0.15) is 0 Å². The summed E-state index contributed by atoms with van der Waals surface area (Å²) < 4.78 is 47.6. The molecule has 0 spiro atoms. The van der Waals surface area contributed by atoms with E-state index in [1.165, 1.54) is 37.4 Å². The topological polar surface area (TPSA) is 59.3 Å². The minimum atomic E-state index is -4.42. The highest BCUT2D eigenvalue weighted by atomic mass is 19.4. The van der Waals surface area contributed by atoms with Crippen LogP contribution in [0.25, 0.3) is 0 Å². The summed E-state index contributed by atoms with van der Waals surface area (Å²) >= 11 is 0. The summed E-state index contributed by atoms with van der Waals surface area (Å²) in [5.74, 6) is -0.305. The van der Waals surface area contributed by atoms with Crippen molar-refractivity contribution in [1.29, 1.82) is 5.26 Å². The lowest BCUT2D eigenvalue weighted by molar-refractivity contribution is -0.137. The fourth-order valence-electron chi connectivity index (χ4n) is 1.96. The van der Waals surface area contributed by atoms with Gasteiger partial charge >= 0.3 is 12.1 Å². The van der Waals surface area contributed by atoms with Crippen LogP contribution in [0.4, 0.5) is 13.2 Å². The van der Waals surface area contributed by atoms with E-state index in [1.54, 1.807) is 0 Å². The van der Waals surface area contributed by atoms with E-state index < -0.39 is 17.7 Å². The summed E-state index contributed by atoms with van der Waals surface area (Å²) in [6.45, 7) is 0. The maximum atomic E-state index is 12.5. The van der Waals surface area contributed by atoms with Gasteiger partial charge in [-0.25, -0.2) is 0 Å². The molecule has 7 heteroatoms. The summed E-state index contributed by atoms with van der Waals surface area (Å²) in [5.41, 5.74) is -0.0524. The van der Waals surface area contributed by atoms with Crippen LogP contribution in [-0.4, -0.2) is 13.1 Å². The molecule has 0 fully saturated rings. The third-order valence-corrected chi connectivity index (χ3v) is 3.15. The predicted molar refractivity (Wildman–Crippen MR) is 78.5 cm³/mol. The standard InChI is InChI=1S/C17H12F3NO3/c1-23-15-8-12(10-21)4-7-14(15)24-16(22)9-11-2-5-13(6-3-11)17(18,19)20/h2-8H,9H2,1H3. The zero-order valence-electron chi connectivity index (χ0n) is 12.6. The molecule has 0 amide bonds. The van der Waals surface area contributed by atoms with Crippen LogP contribution >= 0.6 is 0 Å². The van der Waals surface area contributed by atoms with Crippen molar-refractivity contribution in [2.24, 2.45) is 0 Å². The van der Waals surface area contributed by atoms with Crippen LogP contribution in [-0.2, 0) is 17.4 Å². The molecule has 0 aliphatic carbocycles. The van der Waals surface area contributed by atoms with Gasteiger partial charge in [-0.15, -0.1) is 0 Å². The number of hydrogen-bond donors (Lipinski definition) is 0. The van der Waals surface area contributed by atoms with Crippen LogP contribution in [0.2, 0.25) is 0 Å². The third-order valence-electron chi connectivity index (χ3n) is 3.15.